The number of aryl methyl sites for hydroxylation is 1. The van der Waals surface area contributed by atoms with E-state index in [1.807, 2.05) is 6.07 Å². The third-order valence-electron chi connectivity index (χ3n) is 2.75. The van der Waals surface area contributed by atoms with Gasteiger partial charge in [0.25, 0.3) is 5.56 Å². The number of anilines is 1. The van der Waals surface area contributed by atoms with Crippen LogP contribution in [0.4, 0.5) is 5.69 Å². The first-order valence-electron chi connectivity index (χ1n) is 5.38. The lowest BCUT2D eigenvalue weighted by atomic mass is 10.2. The van der Waals surface area contributed by atoms with Gasteiger partial charge in [-0.25, -0.2) is 0 Å². The van der Waals surface area contributed by atoms with Gasteiger partial charge in [0, 0.05) is 12.3 Å². The molecule has 3 nitrogen and oxygen atoms in total. The molecule has 94 valence electrons. The van der Waals surface area contributed by atoms with Crippen molar-refractivity contribution in [3.8, 4) is 0 Å². The molecule has 0 saturated carbocycles. The normalized spacial score (nSPS) is 10.6. The molecule has 0 bridgehead atoms. The maximum atomic E-state index is 11.8. The van der Waals surface area contributed by atoms with Crippen molar-refractivity contribution >= 4 is 28.9 Å². The molecule has 1 aromatic heterocycles. The van der Waals surface area contributed by atoms with Gasteiger partial charge in [-0.05, 0) is 24.1 Å². The first-order chi connectivity index (χ1) is 8.49. The van der Waals surface area contributed by atoms with Gasteiger partial charge in [0.2, 0.25) is 0 Å². The minimum absolute atomic E-state index is 0.113. The lowest BCUT2D eigenvalue weighted by Gasteiger charge is -2.10. The molecule has 5 heteroatoms. The van der Waals surface area contributed by atoms with Crippen LogP contribution in [0.1, 0.15) is 11.1 Å². The van der Waals surface area contributed by atoms with Crippen LogP contribution in [-0.4, -0.2) is 4.57 Å². The Hall–Kier alpha value is -1.45. The second-order valence-corrected chi connectivity index (χ2v) is 4.88. The van der Waals surface area contributed by atoms with E-state index in [1.165, 1.54) is 10.6 Å². The van der Waals surface area contributed by atoms with E-state index in [4.69, 9.17) is 28.9 Å². The molecular weight excluding hydrogens is 271 g/mol. The van der Waals surface area contributed by atoms with Crippen LogP contribution >= 0.6 is 23.2 Å². The van der Waals surface area contributed by atoms with Crippen molar-refractivity contribution in [2.75, 3.05) is 5.73 Å². The van der Waals surface area contributed by atoms with Crippen LogP contribution in [-0.2, 0) is 6.54 Å². The summed E-state index contributed by atoms with van der Waals surface area (Å²) >= 11 is 12.0. The zero-order chi connectivity index (χ0) is 13.3. The van der Waals surface area contributed by atoms with Crippen LogP contribution in [0.3, 0.4) is 0 Å². The molecule has 0 atom stereocenters. The number of hydrogen-bond donors (Lipinski definition) is 1. The molecule has 18 heavy (non-hydrogen) atoms. The molecule has 0 radical (unpaired) electrons. The molecule has 2 aromatic rings. The summed E-state index contributed by atoms with van der Waals surface area (Å²) in [6, 6.07) is 6.84. The summed E-state index contributed by atoms with van der Waals surface area (Å²) in [6.07, 6.45) is 1.62. The molecule has 0 spiro atoms. The summed E-state index contributed by atoms with van der Waals surface area (Å²) in [5.41, 5.74) is 7.81. The Morgan fingerprint density at radius 2 is 2.06 bits per heavy atom. The molecule has 2 N–H and O–H groups in total. The summed E-state index contributed by atoms with van der Waals surface area (Å²) in [5.74, 6) is 0. The average molecular weight is 283 g/mol. The Morgan fingerprint density at radius 3 is 2.78 bits per heavy atom. The molecule has 1 heterocycles. The number of benzene rings is 1. The number of rotatable bonds is 2. The molecule has 2 rings (SSSR count). The predicted octanol–water partition coefficient (Wildman–Crippen LogP) is 3.09. The molecule has 0 aliphatic heterocycles. The molecule has 0 amide bonds. The van der Waals surface area contributed by atoms with E-state index in [-0.39, 0.29) is 5.56 Å². The summed E-state index contributed by atoms with van der Waals surface area (Å²) in [6.45, 7) is 2.15. The van der Waals surface area contributed by atoms with Crippen LogP contribution in [0.25, 0.3) is 0 Å². The zero-order valence-corrected chi connectivity index (χ0v) is 11.3. The van der Waals surface area contributed by atoms with Crippen molar-refractivity contribution in [3.63, 3.8) is 0 Å². The average Bonchev–Trinajstić information content (AvgIpc) is 2.32. The number of nitrogens with zero attached hydrogens (tertiary/aromatic N) is 1. The van der Waals surface area contributed by atoms with Crippen LogP contribution in [0.5, 0.6) is 0 Å². The highest BCUT2D eigenvalue weighted by molar-refractivity contribution is 6.42. The molecule has 0 aliphatic rings. The molecule has 1 aromatic carbocycles. The quantitative estimate of drug-likeness (QED) is 0.920. The van der Waals surface area contributed by atoms with Crippen molar-refractivity contribution < 1.29 is 0 Å². The Morgan fingerprint density at radius 1 is 1.33 bits per heavy atom. The molecule has 0 aliphatic carbocycles. The fourth-order valence-corrected chi connectivity index (χ4v) is 2.04. The van der Waals surface area contributed by atoms with Crippen molar-refractivity contribution in [1.82, 2.24) is 4.57 Å². The second kappa shape index (κ2) is 5.04. The summed E-state index contributed by atoms with van der Waals surface area (Å²) in [5, 5.41) is 0.938. The monoisotopic (exact) mass is 282 g/mol. The van der Waals surface area contributed by atoms with Gasteiger partial charge in [-0.1, -0.05) is 35.3 Å². The third kappa shape index (κ3) is 2.52. The largest absolute Gasteiger partial charge is 0.397 e. The van der Waals surface area contributed by atoms with E-state index in [9.17, 15) is 4.79 Å². The van der Waals surface area contributed by atoms with Crippen LogP contribution in [0, 0.1) is 6.92 Å². The summed E-state index contributed by atoms with van der Waals surface area (Å²) in [4.78, 5) is 11.8. The number of pyridine rings is 1. The van der Waals surface area contributed by atoms with Crippen molar-refractivity contribution in [2.24, 2.45) is 0 Å². The van der Waals surface area contributed by atoms with E-state index >= 15 is 0 Å². The smallest absolute Gasteiger partial charge is 0.251 e. The highest BCUT2D eigenvalue weighted by Crippen LogP contribution is 2.26. The molecule has 0 unspecified atom stereocenters. The van der Waals surface area contributed by atoms with E-state index in [2.05, 4.69) is 0 Å². The van der Waals surface area contributed by atoms with Crippen molar-refractivity contribution in [3.05, 3.63) is 62.0 Å². The van der Waals surface area contributed by atoms with Gasteiger partial charge < -0.3 is 10.3 Å². The van der Waals surface area contributed by atoms with E-state index in [1.54, 1.807) is 25.3 Å². The number of nitrogens with two attached hydrogens (primary N) is 1. The Labute approximate surface area is 115 Å². The fraction of sp³-hybridized carbons (Fsp3) is 0.154. The van der Waals surface area contributed by atoms with Gasteiger partial charge >= 0.3 is 0 Å². The third-order valence-corrected chi connectivity index (χ3v) is 3.60. The van der Waals surface area contributed by atoms with Gasteiger partial charge in [-0.15, -0.1) is 0 Å². The molecule has 0 saturated heterocycles. The lowest BCUT2D eigenvalue weighted by molar-refractivity contribution is 0.759. The van der Waals surface area contributed by atoms with Gasteiger partial charge in [0.15, 0.2) is 0 Å². The van der Waals surface area contributed by atoms with Gasteiger partial charge in [0.05, 0.1) is 22.3 Å². The van der Waals surface area contributed by atoms with Crippen molar-refractivity contribution in [1.29, 1.82) is 0 Å². The maximum absolute atomic E-state index is 11.8. The highest BCUT2D eigenvalue weighted by atomic mass is 35.5. The SMILES string of the molecule is Cc1cc(=O)n(Cc2cccc(Cl)c2Cl)cc1N. The predicted molar refractivity (Wildman–Crippen MR) is 75.4 cm³/mol. The minimum Gasteiger partial charge on any atom is -0.397 e. The lowest BCUT2D eigenvalue weighted by Crippen LogP contribution is -2.20. The molecule has 0 fully saturated rings. The number of aromatic nitrogens is 1. The minimum atomic E-state index is -0.113. The fourth-order valence-electron chi connectivity index (χ4n) is 1.66. The summed E-state index contributed by atoms with van der Waals surface area (Å²) in [7, 11) is 0. The Balaban J connectivity index is 2.43. The standard InChI is InChI=1S/C13H12Cl2N2O/c1-8-5-12(18)17(7-11(8)16)6-9-3-2-4-10(14)13(9)15/h2-5,7H,6,16H2,1H3. The first-order valence-corrected chi connectivity index (χ1v) is 6.14. The van der Waals surface area contributed by atoms with Gasteiger partial charge in [-0.3, -0.25) is 4.79 Å². The second-order valence-electron chi connectivity index (χ2n) is 4.09. The van der Waals surface area contributed by atoms with E-state index < -0.39 is 0 Å². The topological polar surface area (TPSA) is 48.0 Å². The summed E-state index contributed by atoms with van der Waals surface area (Å²) < 4.78 is 1.51. The number of halogens is 2. The number of nitrogen functional groups attached to an aromatic ring is 1. The Bertz CT molecular complexity index is 650. The van der Waals surface area contributed by atoms with Crippen LogP contribution in [0.2, 0.25) is 10.0 Å². The van der Waals surface area contributed by atoms with Crippen LogP contribution < -0.4 is 11.3 Å². The molecular formula is C13H12Cl2N2O. The van der Waals surface area contributed by atoms with E-state index in [0.29, 0.717) is 22.3 Å². The van der Waals surface area contributed by atoms with Gasteiger partial charge in [-0.2, -0.15) is 0 Å². The van der Waals surface area contributed by atoms with E-state index in [0.717, 1.165) is 11.1 Å². The Kier molecular flexibility index (Phi) is 3.64. The number of hydrogen-bond acceptors (Lipinski definition) is 2. The zero-order valence-electron chi connectivity index (χ0n) is 9.78. The first kappa shape index (κ1) is 13.0. The van der Waals surface area contributed by atoms with Crippen LogP contribution in [0.15, 0.2) is 35.3 Å². The maximum Gasteiger partial charge on any atom is 0.251 e. The van der Waals surface area contributed by atoms with Crippen molar-refractivity contribution in [2.45, 2.75) is 13.5 Å². The highest BCUT2D eigenvalue weighted by Gasteiger charge is 2.07. The van der Waals surface area contributed by atoms with Gasteiger partial charge in [0.1, 0.15) is 0 Å².